The first-order valence-electron chi connectivity index (χ1n) is 9.70. The number of carbonyl (C=O) groups excluding carboxylic acids is 1. The Hall–Kier alpha value is -1.67. The molecule has 6 atom stereocenters. The second kappa shape index (κ2) is 7.63. The lowest BCUT2D eigenvalue weighted by molar-refractivity contribution is -0.190. The fourth-order valence-electron chi connectivity index (χ4n) is 3.76. The number of amides is 1. The van der Waals surface area contributed by atoms with Gasteiger partial charge in [-0.15, -0.1) is 0 Å². The number of fused-ring (bicyclic) bond motifs is 1. The molecule has 7 nitrogen and oxygen atoms in total. The van der Waals surface area contributed by atoms with Crippen LogP contribution in [0.25, 0.3) is 0 Å². The molecule has 2 fully saturated rings. The fourth-order valence-corrected chi connectivity index (χ4v) is 3.76. The lowest BCUT2D eigenvalue weighted by Crippen LogP contribution is -2.59. The summed E-state index contributed by atoms with van der Waals surface area (Å²) in [4.78, 5) is 12.5. The predicted octanol–water partition coefficient (Wildman–Crippen LogP) is 2.92. The van der Waals surface area contributed by atoms with Crippen molar-refractivity contribution in [3.63, 3.8) is 0 Å². The van der Waals surface area contributed by atoms with Crippen LogP contribution in [0.5, 0.6) is 0 Å². The molecule has 2 N–H and O–H groups in total. The number of hydrogen-bond acceptors (Lipinski definition) is 6. The molecule has 2 heterocycles. The number of nitrogens with one attached hydrogen (secondary N) is 1. The summed E-state index contributed by atoms with van der Waals surface area (Å²) in [6.07, 6.45) is -3.51. The topological polar surface area (TPSA) is 86.3 Å². The van der Waals surface area contributed by atoms with Gasteiger partial charge in [0.15, 0.2) is 5.79 Å². The van der Waals surface area contributed by atoms with Gasteiger partial charge in [-0.05, 0) is 47.1 Å². The molecule has 2 saturated heterocycles. The molecular weight excluding hydrogens is 362 g/mol. The zero-order valence-corrected chi connectivity index (χ0v) is 17.3. The molecule has 28 heavy (non-hydrogen) atoms. The lowest BCUT2D eigenvalue weighted by atomic mass is 9.88. The number of ether oxygens (including phenoxy) is 4. The van der Waals surface area contributed by atoms with Gasteiger partial charge in [-0.3, -0.25) is 0 Å². The number of benzene rings is 1. The maximum absolute atomic E-state index is 12.5. The molecule has 0 unspecified atom stereocenters. The van der Waals surface area contributed by atoms with E-state index in [1.807, 2.05) is 51.1 Å². The smallest absolute Gasteiger partial charge is 0.408 e. The first-order chi connectivity index (χ1) is 13.0. The van der Waals surface area contributed by atoms with E-state index in [4.69, 9.17) is 18.9 Å². The molecule has 0 radical (unpaired) electrons. The van der Waals surface area contributed by atoms with E-state index in [-0.39, 0.29) is 12.2 Å². The maximum atomic E-state index is 12.5. The van der Waals surface area contributed by atoms with Crippen LogP contribution in [0.15, 0.2) is 30.3 Å². The molecule has 156 valence electrons. The predicted molar refractivity (Wildman–Crippen MR) is 103 cm³/mol. The van der Waals surface area contributed by atoms with Crippen molar-refractivity contribution in [2.45, 2.75) is 89.5 Å². The van der Waals surface area contributed by atoms with Crippen molar-refractivity contribution in [3.05, 3.63) is 35.9 Å². The minimum Gasteiger partial charge on any atom is -0.444 e. The van der Waals surface area contributed by atoms with Crippen LogP contribution < -0.4 is 5.32 Å². The van der Waals surface area contributed by atoms with Gasteiger partial charge in [0.2, 0.25) is 0 Å². The monoisotopic (exact) mass is 393 g/mol. The van der Waals surface area contributed by atoms with E-state index in [9.17, 15) is 9.90 Å². The van der Waals surface area contributed by atoms with Crippen molar-refractivity contribution in [2.24, 2.45) is 0 Å². The van der Waals surface area contributed by atoms with Crippen molar-refractivity contribution >= 4 is 6.09 Å². The molecule has 2 aliphatic rings. The van der Waals surface area contributed by atoms with Gasteiger partial charge in [0.25, 0.3) is 0 Å². The number of hydrogen-bond donors (Lipinski definition) is 2. The summed E-state index contributed by atoms with van der Waals surface area (Å²) in [5, 5.41) is 13.9. The third-order valence-corrected chi connectivity index (χ3v) is 4.83. The lowest BCUT2D eigenvalue weighted by Gasteiger charge is -2.42. The Kier molecular flexibility index (Phi) is 5.74. The minimum absolute atomic E-state index is 0.313. The average molecular weight is 393 g/mol. The summed E-state index contributed by atoms with van der Waals surface area (Å²) >= 11 is 0. The van der Waals surface area contributed by atoms with Gasteiger partial charge >= 0.3 is 6.09 Å². The van der Waals surface area contributed by atoms with Crippen LogP contribution >= 0.6 is 0 Å². The van der Waals surface area contributed by atoms with E-state index >= 15 is 0 Å². The molecule has 0 spiro atoms. The Morgan fingerprint density at radius 2 is 1.79 bits per heavy atom. The maximum Gasteiger partial charge on any atom is 0.408 e. The highest BCUT2D eigenvalue weighted by molar-refractivity contribution is 5.68. The first kappa shape index (κ1) is 21.0. The van der Waals surface area contributed by atoms with Crippen LogP contribution in [0.3, 0.4) is 0 Å². The molecule has 1 aromatic rings. The molecule has 1 amide bonds. The molecule has 0 saturated carbocycles. The van der Waals surface area contributed by atoms with Crippen LogP contribution in [0, 0.1) is 0 Å². The van der Waals surface area contributed by atoms with E-state index in [2.05, 4.69) is 5.32 Å². The number of rotatable bonds is 3. The number of carbonyl (C=O) groups is 1. The SMILES string of the molecule is C[C@@H]1O[C@@H]([C@H](NC(=O)OC(C)(C)C)c2ccccc2)[C@@H](O)[C@@H]2OC(C)(C)O[C@@H]21. The van der Waals surface area contributed by atoms with E-state index < -0.39 is 41.8 Å². The number of aliphatic hydroxyl groups is 1. The van der Waals surface area contributed by atoms with Gasteiger partial charge in [0, 0.05) is 0 Å². The molecule has 0 bridgehead atoms. The standard InChI is InChI=1S/C21H31NO6/c1-12-16-18(27-21(5,6)26-16)15(23)17(25-12)14(13-10-8-7-9-11-13)22-19(24)28-20(2,3)4/h7-12,14-18,23H,1-6H3,(H,22,24)/t12-,14+,15+,16+,17-,18-/m0/s1. The van der Waals surface area contributed by atoms with Gasteiger partial charge < -0.3 is 29.4 Å². The second-order valence-corrected chi connectivity index (χ2v) is 8.90. The fraction of sp³-hybridized carbons (Fsp3) is 0.667. The average Bonchev–Trinajstić information content (AvgIpc) is 2.92. The Balaban J connectivity index is 1.86. The molecule has 1 aromatic carbocycles. The normalized spacial score (nSPS) is 33.0. The van der Waals surface area contributed by atoms with Crippen LogP contribution in [0.4, 0.5) is 4.79 Å². The molecule has 0 aliphatic carbocycles. The number of alkyl carbamates (subject to hydrolysis) is 1. The molecule has 0 aromatic heterocycles. The zero-order valence-electron chi connectivity index (χ0n) is 17.3. The van der Waals surface area contributed by atoms with Gasteiger partial charge in [-0.1, -0.05) is 30.3 Å². The number of aliphatic hydroxyl groups excluding tert-OH is 1. The molecular formula is C21H31NO6. The van der Waals surface area contributed by atoms with Crippen molar-refractivity contribution in [3.8, 4) is 0 Å². The highest BCUT2D eigenvalue weighted by Gasteiger charge is 2.55. The Bertz CT molecular complexity index is 686. The third-order valence-electron chi connectivity index (χ3n) is 4.83. The summed E-state index contributed by atoms with van der Waals surface area (Å²) in [5.74, 6) is -0.802. The summed E-state index contributed by atoms with van der Waals surface area (Å²) in [5.41, 5.74) is 0.170. The van der Waals surface area contributed by atoms with Gasteiger partial charge in [-0.25, -0.2) is 4.79 Å². The molecule has 7 heteroatoms. The largest absolute Gasteiger partial charge is 0.444 e. The van der Waals surface area contributed by atoms with E-state index in [1.54, 1.807) is 20.8 Å². The summed E-state index contributed by atoms with van der Waals surface area (Å²) < 4.78 is 23.4. The molecule has 3 rings (SSSR count). The summed E-state index contributed by atoms with van der Waals surface area (Å²) in [6.45, 7) is 10.9. The highest BCUT2D eigenvalue weighted by Crippen LogP contribution is 2.40. The second-order valence-electron chi connectivity index (χ2n) is 8.90. The minimum atomic E-state index is -0.983. The van der Waals surface area contributed by atoms with E-state index in [0.29, 0.717) is 0 Å². The van der Waals surface area contributed by atoms with Crippen LogP contribution in [-0.4, -0.2) is 53.1 Å². The van der Waals surface area contributed by atoms with Crippen molar-refractivity contribution in [2.75, 3.05) is 0 Å². The third kappa shape index (κ3) is 4.66. The summed E-state index contributed by atoms with van der Waals surface area (Å²) in [6, 6.07) is 8.79. The zero-order chi connectivity index (χ0) is 20.7. The van der Waals surface area contributed by atoms with Gasteiger partial charge in [0.1, 0.15) is 30.0 Å². The van der Waals surface area contributed by atoms with Crippen LogP contribution in [0.2, 0.25) is 0 Å². The van der Waals surface area contributed by atoms with E-state index in [0.717, 1.165) is 5.56 Å². The van der Waals surface area contributed by atoms with Crippen LogP contribution in [0.1, 0.15) is 53.1 Å². The first-order valence-corrected chi connectivity index (χ1v) is 9.70. The quantitative estimate of drug-likeness (QED) is 0.821. The van der Waals surface area contributed by atoms with Crippen molar-refractivity contribution < 1.29 is 28.8 Å². The molecule has 2 aliphatic heterocycles. The van der Waals surface area contributed by atoms with Crippen LogP contribution in [-0.2, 0) is 18.9 Å². The summed E-state index contributed by atoms with van der Waals surface area (Å²) in [7, 11) is 0. The van der Waals surface area contributed by atoms with E-state index in [1.165, 1.54) is 0 Å². The van der Waals surface area contributed by atoms with Crippen molar-refractivity contribution in [1.82, 2.24) is 5.32 Å². The van der Waals surface area contributed by atoms with Crippen molar-refractivity contribution in [1.29, 1.82) is 0 Å². The van der Waals surface area contributed by atoms with Gasteiger partial charge in [0.05, 0.1) is 12.1 Å². The Morgan fingerprint density at radius 1 is 1.18 bits per heavy atom. The Labute approximate surface area is 166 Å². The Morgan fingerprint density at radius 3 is 2.39 bits per heavy atom. The van der Waals surface area contributed by atoms with Gasteiger partial charge in [-0.2, -0.15) is 0 Å². The highest BCUT2D eigenvalue weighted by atomic mass is 16.8.